The number of methoxy groups -OCH3 is 2. The summed E-state index contributed by atoms with van der Waals surface area (Å²) in [6.07, 6.45) is 4.39. The lowest BCUT2D eigenvalue weighted by Gasteiger charge is -2.30. The summed E-state index contributed by atoms with van der Waals surface area (Å²) < 4.78 is 16.5. The van der Waals surface area contributed by atoms with Crippen LogP contribution >= 0.6 is 0 Å². The number of ether oxygens (including phenoxy) is 3. The van der Waals surface area contributed by atoms with Gasteiger partial charge in [0.05, 0.1) is 25.9 Å². The highest BCUT2D eigenvalue weighted by Crippen LogP contribution is 2.32. The molecular weight excluding hydrogens is 510 g/mol. The third kappa shape index (κ3) is 10.7. The number of benzene rings is 1. The second-order valence-corrected chi connectivity index (χ2v) is 10.8. The largest absolute Gasteiger partial charge is 0.493 e. The average Bonchev–Trinajstić information content (AvgIpc) is 2.93. The Labute approximate surface area is 238 Å². The molecule has 40 heavy (non-hydrogen) atoms. The smallest absolute Gasteiger partial charge is 0.227 e. The molecule has 2 rings (SSSR count). The van der Waals surface area contributed by atoms with Gasteiger partial charge in [0.15, 0.2) is 11.5 Å². The molecule has 0 aliphatic rings. The Bertz CT molecular complexity index is 1080. The van der Waals surface area contributed by atoms with Crippen molar-refractivity contribution in [3.05, 3.63) is 58.7 Å². The Morgan fingerprint density at radius 1 is 1.05 bits per heavy atom. The van der Waals surface area contributed by atoms with Gasteiger partial charge in [0, 0.05) is 49.0 Å². The molecule has 0 radical (unpaired) electrons. The van der Waals surface area contributed by atoms with Crippen molar-refractivity contribution in [3.63, 3.8) is 0 Å². The van der Waals surface area contributed by atoms with Crippen molar-refractivity contribution in [2.24, 2.45) is 28.8 Å². The molecule has 0 saturated heterocycles. The third-order valence-electron chi connectivity index (χ3n) is 7.19. The molecular formula is C30H45N5O5. The van der Waals surface area contributed by atoms with Gasteiger partial charge in [0.25, 0.3) is 0 Å². The van der Waals surface area contributed by atoms with Crippen LogP contribution in [0, 0.1) is 23.7 Å². The zero-order valence-electron chi connectivity index (χ0n) is 24.6. The monoisotopic (exact) mass is 555 g/mol. The van der Waals surface area contributed by atoms with Crippen LogP contribution in [0.1, 0.15) is 52.5 Å². The van der Waals surface area contributed by atoms with Crippen LogP contribution in [-0.2, 0) is 16.0 Å². The van der Waals surface area contributed by atoms with E-state index >= 15 is 0 Å². The van der Waals surface area contributed by atoms with Gasteiger partial charge >= 0.3 is 0 Å². The van der Waals surface area contributed by atoms with Gasteiger partial charge in [0.2, 0.25) is 5.91 Å². The van der Waals surface area contributed by atoms with E-state index in [-0.39, 0.29) is 30.1 Å². The normalized spacial score (nSPS) is 14.2. The van der Waals surface area contributed by atoms with Gasteiger partial charge in [-0.25, -0.2) is 0 Å². The van der Waals surface area contributed by atoms with Gasteiger partial charge in [-0.1, -0.05) is 38.9 Å². The maximum Gasteiger partial charge on any atom is 0.227 e. The fraction of sp³-hybridized carbons (Fsp3) is 0.600. The van der Waals surface area contributed by atoms with E-state index in [1.807, 2.05) is 32.0 Å². The Balaban J connectivity index is 2.15. The standard InChI is InChI=1S/C30H45N5O5/c1-20(2)23(16-22-8-9-28(39-6)29(17-22)40-15-7-14-38-5)18-26(34-35-31)27(36)19-25(21(3)4)30(37)33-24-10-12-32-13-11-24/h8-13,17,20-21,23,25-27,36H,7,14-16,18-19H2,1-6H3,(H,32,33,37)/t23-,25-,26-,27-/m0/s1. The second-order valence-electron chi connectivity index (χ2n) is 10.8. The molecule has 0 spiro atoms. The molecule has 2 aromatic rings. The summed E-state index contributed by atoms with van der Waals surface area (Å²) in [6.45, 7) is 9.26. The van der Waals surface area contributed by atoms with Crippen molar-refractivity contribution in [2.45, 2.75) is 65.5 Å². The lowest BCUT2D eigenvalue weighted by Crippen LogP contribution is -2.36. The zero-order valence-corrected chi connectivity index (χ0v) is 24.6. The molecule has 0 unspecified atom stereocenters. The minimum atomic E-state index is -0.969. The van der Waals surface area contributed by atoms with Crippen molar-refractivity contribution < 1.29 is 24.1 Å². The van der Waals surface area contributed by atoms with Crippen molar-refractivity contribution in [2.75, 3.05) is 32.8 Å². The second kappa shape index (κ2) is 17.4. The van der Waals surface area contributed by atoms with Gasteiger partial charge in [-0.2, -0.15) is 0 Å². The van der Waals surface area contributed by atoms with E-state index in [2.05, 4.69) is 34.2 Å². The maximum absolute atomic E-state index is 13.1. The molecule has 0 fully saturated rings. The summed E-state index contributed by atoms with van der Waals surface area (Å²) in [5.41, 5.74) is 11.0. The minimum absolute atomic E-state index is 0.0225. The number of anilines is 1. The zero-order chi connectivity index (χ0) is 29.5. The number of hydrogen-bond donors (Lipinski definition) is 2. The van der Waals surface area contributed by atoms with Gasteiger partial charge < -0.3 is 24.6 Å². The molecule has 2 N–H and O–H groups in total. The highest BCUT2D eigenvalue weighted by molar-refractivity contribution is 5.92. The molecule has 0 saturated carbocycles. The topological polar surface area (TPSA) is 139 Å². The van der Waals surface area contributed by atoms with Crippen LogP contribution < -0.4 is 14.8 Å². The predicted octanol–water partition coefficient (Wildman–Crippen LogP) is 6.05. The van der Waals surface area contributed by atoms with Crippen LogP contribution in [0.5, 0.6) is 11.5 Å². The number of nitrogens with zero attached hydrogens (tertiary/aromatic N) is 4. The van der Waals surface area contributed by atoms with Crippen LogP contribution in [0.2, 0.25) is 0 Å². The molecule has 220 valence electrons. The molecule has 1 amide bonds. The van der Waals surface area contributed by atoms with E-state index < -0.39 is 18.1 Å². The number of aliphatic hydroxyl groups is 1. The van der Waals surface area contributed by atoms with E-state index in [1.54, 1.807) is 38.7 Å². The maximum atomic E-state index is 13.1. The number of pyridine rings is 1. The molecule has 0 bridgehead atoms. The first-order valence-corrected chi connectivity index (χ1v) is 13.9. The molecule has 10 heteroatoms. The Morgan fingerprint density at radius 3 is 2.38 bits per heavy atom. The van der Waals surface area contributed by atoms with Crippen molar-refractivity contribution in [3.8, 4) is 11.5 Å². The lowest BCUT2D eigenvalue weighted by molar-refractivity contribution is -0.122. The highest BCUT2D eigenvalue weighted by Gasteiger charge is 2.31. The first-order valence-electron chi connectivity index (χ1n) is 13.9. The van der Waals surface area contributed by atoms with E-state index in [9.17, 15) is 15.4 Å². The predicted molar refractivity (Wildman–Crippen MR) is 156 cm³/mol. The Hall–Kier alpha value is -3.33. The number of amides is 1. The first kappa shape index (κ1) is 32.9. The third-order valence-corrected chi connectivity index (χ3v) is 7.19. The molecule has 4 atom stereocenters. The van der Waals surface area contributed by atoms with Crippen LogP contribution in [0.3, 0.4) is 0 Å². The minimum Gasteiger partial charge on any atom is -0.493 e. The summed E-state index contributed by atoms with van der Waals surface area (Å²) in [5, 5.41) is 18.1. The highest BCUT2D eigenvalue weighted by atomic mass is 16.5. The Morgan fingerprint density at radius 2 is 1.77 bits per heavy atom. The number of nitrogens with one attached hydrogen (secondary N) is 1. The summed E-state index contributed by atoms with van der Waals surface area (Å²) >= 11 is 0. The van der Waals surface area contributed by atoms with Crippen LogP contribution in [0.15, 0.2) is 47.8 Å². The molecule has 0 aliphatic heterocycles. The molecule has 1 aromatic heterocycles. The number of rotatable bonds is 18. The van der Waals surface area contributed by atoms with Gasteiger partial charge in [-0.05, 0) is 72.4 Å². The van der Waals surface area contributed by atoms with Gasteiger partial charge in [-0.15, -0.1) is 0 Å². The van der Waals surface area contributed by atoms with E-state index in [1.165, 1.54) is 0 Å². The first-order chi connectivity index (χ1) is 19.2. The molecule has 10 nitrogen and oxygen atoms in total. The fourth-order valence-electron chi connectivity index (χ4n) is 4.67. The summed E-state index contributed by atoms with van der Waals surface area (Å²) in [4.78, 5) is 20.1. The van der Waals surface area contributed by atoms with Crippen LogP contribution in [0.25, 0.3) is 10.4 Å². The van der Waals surface area contributed by atoms with Gasteiger partial charge in [-0.3, -0.25) is 9.78 Å². The Kier molecular flexibility index (Phi) is 14.3. The number of carbonyl (C=O) groups is 1. The van der Waals surface area contributed by atoms with Crippen molar-refractivity contribution >= 4 is 11.6 Å². The van der Waals surface area contributed by atoms with Crippen molar-refractivity contribution in [1.82, 2.24) is 4.98 Å². The fourth-order valence-corrected chi connectivity index (χ4v) is 4.67. The number of aromatic nitrogens is 1. The number of carbonyl (C=O) groups excluding carboxylic acids is 1. The molecule has 1 heterocycles. The summed E-state index contributed by atoms with van der Waals surface area (Å²) in [5.74, 6) is 1.04. The van der Waals surface area contributed by atoms with Crippen LogP contribution in [-0.4, -0.2) is 55.6 Å². The van der Waals surface area contributed by atoms with E-state index in [0.29, 0.717) is 43.2 Å². The number of azide groups is 1. The summed E-state index contributed by atoms with van der Waals surface area (Å²) in [6, 6.07) is 8.65. The van der Waals surface area contributed by atoms with Gasteiger partial charge in [0.1, 0.15) is 0 Å². The quantitative estimate of drug-likeness (QED) is 0.0993. The molecule has 1 aromatic carbocycles. The van der Waals surface area contributed by atoms with Crippen molar-refractivity contribution in [1.29, 1.82) is 0 Å². The average molecular weight is 556 g/mol. The van der Waals surface area contributed by atoms with Crippen LogP contribution in [0.4, 0.5) is 5.69 Å². The number of aliphatic hydroxyl groups excluding tert-OH is 1. The van der Waals surface area contributed by atoms with E-state index in [4.69, 9.17) is 14.2 Å². The molecule has 0 aliphatic carbocycles. The SMILES string of the molecule is COCCCOc1cc(C[C@@H](C[C@H](N=[N+]=[N-])[C@@H](O)C[C@H](C(=O)Nc2ccncc2)C(C)C)C(C)C)ccc1OC. The lowest BCUT2D eigenvalue weighted by atomic mass is 9.80. The number of hydrogen-bond acceptors (Lipinski definition) is 7. The van der Waals surface area contributed by atoms with E-state index in [0.717, 1.165) is 12.0 Å². The summed E-state index contributed by atoms with van der Waals surface area (Å²) in [7, 11) is 3.27.